The number of hydrogen-bond acceptors (Lipinski definition) is 4. The number of amides is 2. The summed E-state index contributed by atoms with van der Waals surface area (Å²) in [5, 5.41) is 3.31. The molecule has 2 amide bonds. The molecule has 2 saturated heterocycles. The Kier molecular flexibility index (Phi) is 3.18. The van der Waals surface area contributed by atoms with Gasteiger partial charge >= 0.3 is 12.0 Å². The molecule has 0 radical (unpaired) electrons. The summed E-state index contributed by atoms with van der Waals surface area (Å²) in [6.45, 7) is 4.90. The van der Waals surface area contributed by atoms with Crippen LogP contribution < -0.4 is 5.32 Å². The van der Waals surface area contributed by atoms with E-state index in [2.05, 4.69) is 5.32 Å². The predicted octanol–water partition coefficient (Wildman–Crippen LogP) is 0.305. The lowest BCUT2D eigenvalue weighted by molar-refractivity contribution is -0.135. The van der Waals surface area contributed by atoms with Gasteiger partial charge in [-0.3, -0.25) is 4.90 Å². The third-order valence-corrected chi connectivity index (χ3v) is 4.06. The van der Waals surface area contributed by atoms with Crippen LogP contribution in [0.15, 0.2) is 11.8 Å². The minimum Gasteiger partial charge on any atom is -0.456 e. The first-order valence-corrected chi connectivity index (χ1v) is 6.84. The molecule has 19 heavy (non-hydrogen) atoms. The monoisotopic (exact) mass is 265 g/mol. The van der Waals surface area contributed by atoms with E-state index in [9.17, 15) is 9.59 Å². The smallest absolute Gasteiger partial charge is 0.333 e. The fraction of sp³-hybridized carbons (Fsp3) is 0.692. The number of ether oxygens (including phenoxy) is 1. The van der Waals surface area contributed by atoms with Crippen molar-refractivity contribution in [2.75, 3.05) is 26.2 Å². The standard InChI is InChI=1S/C13H19N3O3/c1-9-7-15(10-2-4-14-5-3-10)13(18)16(9)11-6-12(17)19-8-11/h6,9-10,14H,2-5,7-8H2,1H3. The van der Waals surface area contributed by atoms with Crippen LogP contribution in [0.1, 0.15) is 19.8 Å². The maximum absolute atomic E-state index is 12.5. The van der Waals surface area contributed by atoms with Gasteiger partial charge in [-0.05, 0) is 32.9 Å². The van der Waals surface area contributed by atoms with E-state index in [0.717, 1.165) is 32.5 Å². The lowest BCUT2D eigenvalue weighted by atomic mass is 10.1. The summed E-state index contributed by atoms with van der Waals surface area (Å²) >= 11 is 0. The molecule has 0 bridgehead atoms. The number of nitrogens with one attached hydrogen (secondary N) is 1. The highest BCUT2D eigenvalue weighted by molar-refractivity contribution is 5.88. The number of esters is 1. The molecule has 0 aromatic carbocycles. The second-order valence-electron chi connectivity index (χ2n) is 5.38. The van der Waals surface area contributed by atoms with Gasteiger partial charge in [-0.15, -0.1) is 0 Å². The summed E-state index contributed by atoms with van der Waals surface area (Å²) in [4.78, 5) is 27.3. The van der Waals surface area contributed by atoms with Gasteiger partial charge < -0.3 is 15.0 Å². The first-order chi connectivity index (χ1) is 9.16. The van der Waals surface area contributed by atoms with Gasteiger partial charge in [-0.25, -0.2) is 9.59 Å². The van der Waals surface area contributed by atoms with Gasteiger partial charge in [0, 0.05) is 18.7 Å². The molecule has 3 aliphatic rings. The van der Waals surface area contributed by atoms with E-state index < -0.39 is 0 Å². The Hall–Kier alpha value is -1.56. The molecule has 0 aliphatic carbocycles. The van der Waals surface area contributed by atoms with Crippen LogP contribution in [0.3, 0.4) is 0 Å². The zero-order valence-corrected chi connectivity index (χ0v) is 11.1. The molecular weight excluding hydrogens is 246 g/mol. The number of hydrogen-bond donors (Lipinski definition) is 1. The van der Waals surface area contributed by atoms with Gasteiger partial charge in [0.1, 0.15) is 6.61 Å². The molecule has 0 aromatic heterocycles. The van der Waals surface area contributed by atoms with Gasteiger partial charge in [0.25, 0.3) is 0 Å². The molecule has 0 saturated carbocycles. The molecule has 2 fully saturated rings. The number of rotatable bonds is 2. The molecule has 3 aliphatic heterocycles. The van der Waals surface area contributed by atoms with Crippen molar-refractivity contribution in [3.63, 3.8) is 0 Å². The minimum absolute atomic E-state index is 0.0175. The molecule has 0 aromatic rings. The number of carbonyl (C=O) groups is 2. The normalized spacial score (nSPS) is 28.9. The molecule has 0 spiro atoms. The van der Waals surface area contributed by atoms with E-state index in [1.807, 2.05) is 11.8 Å². The Balaban J connectivity index is 1.75. The lowest BCUT2D eigenvalue weighted by Gasteiger charge is -2.31. The average molecular weight is 265 g/mol. The molecule has 1 N–H and O–H groups in total. The summed E-state index contributed by atoms with van der Waals surface area (Å²) in [6, 6.07) is 0.437. The first kappa shape index (κ1) is 12.5. The van der Waals surface area contributed by atoms with Crippen LogP contribution in [0.4, 0.5) is 4.79 Å². The van der Waals surface area contributed by atoms with E-state index in [4.69, 9.17) is 4.74 Å². The van der Waals surface area contributed by atoms with Crippen molar-refractivity contribution >= 4 is 12.0 Å². The fourth-order valence-corrected chi connectivity index (χ4v) is 3.10. The zero-order chi connectivity index (χ0) is 13.4. The molecule has 3 heterocycles. The van der Waals surface area contributed by atoms with Crippen LogP contribution in [-0.4, -0.2) is 60.1 Å². The van der Waals surface area contributed by atoms with E-state index in [1.165, 1.54) is 6.08 Å². The molecule has 6 nitrogen and oxygen atoms in total. The topological polar surface area (TPSA) is 61.9 Å². The van der Waals surface area contributed by atoms with Gasteiger partial charge in [0.15, 0.2) is 0 Å². The summed E-state index contributed by atoms with van der Waals surface area (Å²) in [5.41, 5.74) is 0.693. The van der Waals surface area contributed by atoms with Gasteiger partial charge in [-0.2, -0.15) is 0 Å². The second kappa shape index (κ2) is 4.85. The quantitative estimate of drug-likeness (QED) is 0.730. The predicted molar refractivity (Wildman–Crippen MR) is 68.3 cm³/mol. The molecular formula is C13H19N3O3. The highest BCUT2D eigenvalue weighted by atomic mass is 16.5. The van der Waals surface area contributed by atoms with Gasteiger partial charge in [-0.1, -0.05) is 0 Å². The third-order valence-electron chi connectivity index (χ3n) is 4.06. The lowest BCUT2D eigenvalue weighted by Crippen LogP contribution is -2.45. The van der Waals surface area contributed by atoms with Crippen molar-refractivity contribution in [1.29, 1.82) is 0 Å². The van der Waals surface area contributed by atoms with Gasteiger partial charge in [0.2, 0.25) is 0 Å². The van der Waals surface area contributed by atoms with Crippen molar-refractivity contribution in [2.24, 2.45) is 0 Å². The SMILES string of the molecule is CC1CN(C2CCNCC2)C(=O)N1C1=CC(=O)OC1. The third kappa shape index (κ3) is 2.20. The average Bonchev–Trinajstić information content (AvgIpc) is 2.95. The number of carbonyl (C=O) groups excluding carboxylic acids is 2. The van der Waals surface area contributed by atoms with Crippen molar-refractivity contribution in [3.05, 3.63) is 11.8 Å². The van der Waals surface area contributed by atoms with Crippen molar-refractivity contribution in [2.45, 2.75) is 31.8 Å². The van der Waals surface area contributed by atoms with E-state index in [0.29, 0.717) is 11.7 Å². The number of piperidine rings is 1. The molecule has 3 rings (SSSR count). The van der Waals surface area contributed by atoms with Gasteiger partial charge in [0.05, 0.1) is 11.7 Å². The Morgan fingerprint density at radius 3 is 2.68 bits per heavy atom. The number of nitrogens with zero attached hydrogens (tertiary/aromatic N) is 2. The summed E-state index contributed by atoms with van der Waals surface area (Å²) in [7, 11) is 0. The van der Waals surface area contributed by atoms with Crippen LogP contribution in [0.25, 0.3) is 0 Å². The fourth-order valence-electron chi connectivity index (χ4n) is 3.10. The van der Waals surface area contributed by atoms with Crippen molar-refractivity contribution in [3.8, 4) is 0 Å². The first-order valence-electron chi connectivity index (χ1n) is 6.84. The van der Waals surface area contributed by atoms with Crippen molar-refractivity contribution in [1.82, 2.24) is 15.1 Å². The van der Waals surface area contributed by atoms with E-state index in [1.54, 1.807) is 4.90 Å². The van der Waals surface area contributed by atoms with Crippen molar-refractivity contribution < 1.29 is 14.3 Å². The Morgan fingerprint density at radius 1 is 1.32 bits per heavy atom. The number of cyclic esters (lactones) is 1. The molecule has 104 valence electrons. The largest absolute Gasteiger partial charge is 0.456 e. The van der Waals surface area contributed by atoms with Crippen LogP contribution in [0.5, 0.6) is 0 Å². The van der Waals surface area contributed by atoms with Crippen LogP contribution in [0.2, 0.25) is 0 Å². The second-order valence-corrected chi connectivity index (χ2v) is 5.38. The van der Waals surface area contributed by atoms with Crippen LogP contribution in [0, 0.1) is 0 Å². The molecule has 6 heteroatoms. The summed E-state index contributed by atoms with van der Waals surface area (Å²) < 4.78 is 4.90. The maximum atomic E-state index is 12.5. The minimum atomic E-state index is -0.352. The zero-order valence-electron chi connectivity index (χ0n) is 11.1. The van der Waals surface area contributed by atoms with E-state index in [-0.39, 0.29) is 24.6 Å². The van der Waals surface area contributed by atoms with Crippen LogP contribution in [-0.2, 0) is 9.53 Å². The number of urea groups is 1. The Morgan fingerprint density at radius 2 is 2.05 bits per heavy atom. The van der Waals surface area contributed by atoms with E-state index >= 15 is 0 Å². The highest BCUT2D eigenvalue weighted by Gasteiger charge is 2.41. The Labute approximate surface area is 112 Å². The molecule has 1 unspecified atom stereocenters. The summed E-state index contributed by atoms with van der Waals surface area (Å²) in [5.74, 6) is -0.352. The summed E-state index contributed by atoms with van der Waals surface area (Å²) in [6.07, 6.45) is 3.43. The molecule has 1 atom stereocenters. The Bertz CT molecular complexity index is 429. The maximum Gasteiger partial charge on any atom is 0.333 e. The highest BCUT2D eigenvalue weighted by Crippen LogP contribution is 2.27. The van der Waals surface area contributed by atoms with Crippen LogP contribution >= 0.6 is 0 Å².